The van der Waals surface area contributed by atoms with E-state index in [1.807, 2.05) is 41.1 Å². The first-order chi connectivity index (χ1) is 7.72. The molecule has 3 aromatic heterocycles. The fourth-order valence-corrected chi connectivity index (χ4v) is 2.68. The Labute approximate surface area is 106 Å². The molecule has 0 atom stereocenters. The summed E-state index contributed by atoms with van der Waals surface area (Å²) in [5.74, 6) is 0. The summed E-state index contributed by atoms with van der Waals surface area (Å²) in [5, 5.41) is 0.689. The first kappa shape index (κ1) is 10.1. The first-order valence-electron chi connectivity index (χ1n) is 4.62. The van der Waals surface area contributed by atoms with Crippen molar-refractivity contribution in [2.45, 2.75) is 0 Å². The lowest BCUT2D eigenvalue weighted by molar-refractivity contribution is 1.19. The highest BCUT2D eigenvalue weighted by molar-refractivity contribution is 7.19. The topological polar surface area (TPSA) is 17.3 Å². The molecule has 3 rings (SSSR count). The van der Waals surface area contributed by atoms with Crippen LogP contribution in [0.25, 0.3) is 16.2 Å². The molecule has 0 radical (unpaired) electrons. The van der Waals surface area contributed by atoms with Gasteiger partial charge >= 0.3 is 0 Å². The molecule has 0 bridgehead atoms. The van der Waals surface area contributed by atoms with Crippen LogP contribution >= 0.6 is 34.5 Å². The molecule has 3 aromatic rings. The molecule has 2 nitrogen and oxygen atoms in total. The van der Waals surface area contributed by atoms with E-state index in [0.29, 0.717) is 5.02 Å². The van der Waals surface area contributed by atoms with Crippen molar-refractivity contribution in [3.05, 3.63) is 46.0 Å². The lowest BCUT2D eigenvalue weighted by Gasteiger charge is -1.90. The van der Waals surface area contributed by atoms with E-state index >= 15 is 0 Å². The van der Waals surface area contributed by atoms with Crippen molar-refractivity contribution in [1.29, 1.82) is 0 Å². The standard InChI is InChI=1S/C11H6Cl2N2S/c12-7-3-4-15-6-8(14-11(15)5-7)9-1-2-10(13)16-9/h1-6H. The number of thiophene rings is 1. The number of imidazole rings is 1. The molecular formula is C11H6Cl2N2S. The number of nitrogens with zero attached hydrogens (tertiary/aromatic N) is 2. The van der Waals surface area contributed by atoms with Crippen molar-refractivity contribution in [2.24, 2.45) is 0 Å². The summed E-state index contributed by atoms with van der Waals surface area (Å²) in [4.78, 5) is 5.55. The first-order valence-corrected chi connectivity index (χ1v) is 6.19. The van der Waals surface area contributed by atoms with E-state index in [0.717, 1.165) is 20.6 Å². The van der Waals surface area contributed by atoms with Crippen LogP contribution in [0.3, 0.4) is 0 Å². The number of fused-ring (bicyclic) bond motifs is 1. The van der Waals surface area contributed by atoms with Gasteiger partial charge in [-0.3, -0.25) is 0 Å². The number of hydrogen-bond donors (Lipinski definition) is 0. The molecule has 0 aromatic carbocycles. The molecule has 16 heavy (non-hydrogen) atoms. The maximum atomic E-state index is 5.91. The highest BCUT2D eigenvalue weighted by Gasteiger charge is 2.06. The molecule has 0 fully saturated rings. The maximum absolute atomic E-state index is 5.91. The van der Waals surface area contributed by atoms with Crippen molar-refractivity contribution >= 4 is 40.2 Å². The summed E-state index contributed by atoms with van der Waals surface area (Å²) in [6.45, 7) is 0. The Morgan fingerprint density at radius 1 is 1.19 bits per heavy atom. The second kappa shape index (κ2) is 3.77. The Kier molecular flexibility index (Phi) is 2.39. The van der Waals surface area contributed by atoms with Crippen LogP contribution in [-0.2, 0) is 0 Å². The highest BCUT2D eigenvalue weighted by atomic mass is 35.5. The zero-order valence-electron chi connectivity index (χ0n) is 8.02. The fourth-order valence-electron chi connectivity index (χ4n) is 1.53. The monoisotopic (exact) mass is 268 g/mol. The van der Waals surface area contributed by atoms with Crippen molar-refractivity contribution in [1.82, 2.24) is 9.38 Å². The van der Waals surface area contributed by atoms with E-state index in [2.05, 4.69) is 4.98 Å². The molecule has 5 heteroatoms. The Bertz CT molecular complexity index is 657. The van der Waals surface area contributed by atoms with Crippen LogP contribution in [-0.4, -0.2) is 9.38 Å². The van der Waals surface area contributed by atoms with Gasteiger partial charge in [-0.15, -0.1) is 11.3 Å². The van der Waals surface area contributed by atoms with E-state index in [1.165, 1.54) is 11.3 Å². The Hall–Kier alpha value is -1.03. The summed E-state index contributed by atoms with van der Waals surface area (Å²) < 4.78 is 2.71. The van der Waals surface area contributed by atoms with E-state index in [4.69, 9.17) is 23.2 Å². The second-order valence-electron chi connectivity index (χ2n) is 3.34. The number of aromatic nitrogens is 2. The third-order valence-corrected chi connectivity index (χ3v) is 3.74. The summed E-state index contributed by atoms with van der Waals surface area (Å²) >= 11 is 13.3. The van der Waals surface area contributed by atoms with Gasteiger partial charge < -0.3 is 4.40 Å². The van der Waals surface area contributed by atoms with Gasteiger partial charge in [0.2, 0.25) is 0 Å². The van der Waals surface area contributed by atoms with Crippen molar-refractivity contribution in [3.8, 4) is 10.6 Å². The van der Waals surface area contributed by atoms with Crippen LogP contribution < -0.4 is 0 Å². The van der Waals surface area contributed by atoms with Crippen LogP contribution in [0, 0.1) is 0 Å². The van der Waals surface area contributed by atoms with Crippen LogP contribution in [0.15, 0.2) is 36.7 Å². The van der Waals surface area contributed by atoms with Gasteiger partial charge in [0.25, 0.3) is 0 Å². The average Bonchev–Trinajstić information content (AvgIpc) is 2.83. The Balaban J connectivity index is 2.18. The Morgan fingerprint density at radius 3 is 2.81 bits per heavy atom. The molecule has 0 saturated carbocycles. The predicted octanol–water partition coefficient (Wildman–Crippen LogP) is 4.37. The van der Waals surface area contributed by atoms with Gasteiger partial charge in [-0.25, -0.2) is 4.98 Å². The molecule has 0 aliphatic rings. The summed E-state index contributed by atoms with van der Waals surface area (Å²) in [5.41, 5.74) is 1.76. The highest BCUT2D eigenvalue weighted by Crippen LogP contribution is 2.30. The average molecular weight is 269 g/mol. The second-order valence-corrected chi connectivity index (χ2v) is 5.49. The lowest BCUT2D eigenvalue weighted by atomic mass is 10.4. The summed E-state index contributed by atoms with van der Waals surface area (Å²) in [7, 11) is 0. The van der Waals surface area contributed by atoms with Gasteiger partial charge in [-0.2, -0.15) is 0 Å². The molecular weight excluding hydrogens is 263 g/mol. The smallest absolute Gasteiger partial charge is 0.138 e. The zero-order chi connectivity index (χ0) is 11.1. The predicted molar refractivity (Wildman–Crippen MR) is 68.5 cm³/mol. The normalized spacial score (nSPS) is 11.1. The number of pyridine rings is 1. The van der Waals surface area contributed by atoms with Crippen LogP contribution in [0.5, 0.6) is 0 Å². The molecule has 80 valence electrons. The summed E-state index contributed by atoms with van der Waals surface area (Å²) in [6, 6.07) is 7.51. The molecule has 0 amide bonds. The molecule has 0 aliphatic heterocycles. The fraction of sp³-hybridized carbons (Fsp3) is 0. The van der Waals surface area contributed by atoms with Gasteiger partial charge in [0.05, 0.1) is 14.9 Å². The van der Waals surface area contributed by atoms with Gasteiger partial charge in [0, 0.05) is 23.5 Å². The number of hydrogen-bond acceptors (Lipinski definition) is 2. The SMILES string of the molecule is Clc1ccn2cc(-c3ccc(Cl)s3)nc2c1. The molecule has 0 N–H and O–H groups in total. The lowest BCUT2D eigenvalue weighted by Crippen LogP contribution is -1.79. The minimum absolute atomic E-state index is 0.689. The van der Waals surface area contributed by atoms with E-state index < -0.39 is 0 Å². The quantitative estimate of drug-likeness (QED) is 0.641. The third-order valence-electron chi connectivity index (χ3n) is 2.25. The number of halogens is 2. The minimum atomic E-state index is 0.689. The van der Waals surface area contributed by atoms with Crippen LogP contribution in [0.4, 0.5) is 0 Å². The minimum Gasteiger partial charge on any atom is -0.306 e. The molecule has 0 unspecified atom stereocenters. The van der Waals surface area contributed by atoms with Crippen LogP contribution in [0.2, 0.25) is 9.36 Å². The molecule has 0 aliphatic carbocycles. The van der Waals surface area contributed by atoms with Crippen LogP contribution in [0.1, 0.15) is 0 Å². The van der Waals surface area contributed by atoms with E-state index in [9.17, 15) is 0 Å². The van der Waals surface area contributed by atoms with Crippen molar-refractivity contribution in [2.75, 3.05) is 0 Å². The molecule has 0 saturated heterocycles. The Morgan fingerprint density at radius 2 is 2.06 bits per heavy atom. The van der Waals surface area contributed by atoms with E-state index in [1.54, 1.807) is 0 Å². The largest absolute Gasteiger partial charge is 0.306 e. The van der Waals surface area contributed by atoms with Gasteiger partial charge in [0.1, 0.15) is 5.65 Å². The summed E-state index contributed by atoms with van der Waals surface area (Å²) in [6.07, 6.45) is 3.86. The number of rotatable bonds is 1. The third kappa shape index (κ3) is 1.71. The molecule has 0 spiro atoms. The van der Waals surface area contributed by atoms with Crippen molar-refractivity contribution in [3.63, 3.8) is 0 Å². The van der Waals surface area contributed by atoms with E-state index in [-0.39, 0.29) is 0 Å². The van der Waals surface area contributed by atoms with Gasteiger partial charge in [-0.1, -0.05) is 23.2 Å². The van der Waals surface area contributed by atoms with Gasteiger partial charge in [0.15, 0.2) is 0 Å². The maximum Gasteiger partial charge on any atom is 0.138 e. The molecule has 3 heterocycles. The zero-order valence-corrected chi connectivity index (χ0v) is 10.4. The van der Waals surface area contributed by atoms with Crippen molar-refractivity contribution < 1.29 is 0 Å². The van der Waals surface area contributed by atoms with Gasteiger partial charge in [-0.05, 0) is 18.2 Å².